The number of carbonyl (C=O) groups is 2. The van der Waals surface area contributed by atoms with Gasteiger partial charge >= 0.3 is 6.09 Å². The van der Waals surface area contributed by atoms with E-state index in [0.717, 1.165) is 0 Å². The minimum absolute atomic E-state index is 0.0363. The Labute approximate surface area is 201 Å². The van der Waals surface area contributed by atoms with Gasteiger partial charge in [-0.05, 0) is 57.1 Å². The molecule has 1 aromatic carbocycles. The number of hydrogen-bond acceptors (Lipinski definition) is 8. The van der Waals surface area contributed by atoms with Crippen molar-refractivity contribution in [3.8, 4) is 11.5 Å². The Hall–Kier alpha value is -2.14. The molecule has 3 aliphatic rings. The van der Waals surface area contributed by atoms with E-state index in [4.69, 9.17) is 28.1 Å². The highest BCUT2D eigenvalue weighted by Crippen LogP contribution is 2.40. The van der Waals surface area contributed by atoms with Crippen molar-refractivity contribution in [1.29, 1.82) is 0 Å². The number of cyclic esters (lactones) is 1. The Balaban J connectivity index is 1.79. The van der Waals surface area contributed by atoms with Crippen LogP contribution in [0.25, 0.3) is 0 Å². The summed E-state index contributed by atoms with van der Waals surface area (Å²) in [5.41, 5.74) is 0.660. The maximum Gasteiger partial charge on any atom is 0.417 e. The maximum absolute atomic E-state index is 14.2. The van der Waals surface area contributed by atoms with E-state index in [1.165, 1.54) is 4.90 Å². The molecule has 4 atom stereocenters. The maximum atomic E-state index is 14.2. The lowest BCUT2D eigenvalue weighted by Crippen LogP contribution is -2.52. The zero-order valence-corrected chi connectivity index (χ0v) is 22.0. The van der Waals surface area contributed by atoms with Crippen LogP contribution in [0.3, 0.4) is 0 Å². The number of benzene rings is 1. The highest BCUT2D eigenvalue weighted by molar-refractivity contribution is 6.69. The molecule has 0 radical (unpaired) electrons. The van der Waals surface area contributed by atoms with Gasteiger partial charge in [0.2, 0.25) is 12.7 Å². The first-order valence-electron chi connectivity index (χ1n) is 11.8. The Morgan fingerprint density at radius 3 is 2.44 bits per heavy atom. The van der Waals surface area contributed by atoms with E-state index in [1.807, 2.05) is 33.8 Å². The standard InChI is InChI=1S/C24H35NO8Si/c1-14(2)16-11-28-23(27)25(16)22(26)20(15-8-9-17-18(10-15)30-13-29-17)21(33-34(5,6)7)19-12-31-24(3,4)32-19/h8-10,14,16,19-21H,11-13H2,1-7H3/t16-,19-,20-,21-/m1/s1. The second kappa shape index (κ2) is 9.14. The van der Waals surface area contributed by atoms with Crippen LogP contribution in [0.15, 0.2) is 18.2 Å². The highest BCUT2D eigenvalue weighted by atomic mass is 28.4. The molecule has 2 fully saturated rings. The topological polar surface area (TPSA) is 92.8 Å². The number of nitrogens with zero attached hydrogens (tertiary/aromatic N) is 1. The molecule has 0 aromatic heterocycles. The van der Waals surface area contributed by atoms with Crippen LogP contribution in [0.4, 0.5) is 4.79 Å². The average Bonchev–Trinajstić information content (AvgIpc) is 3.43. The molecule has 2 saturated heterocycles. The van der Waals surface area contributed by atoms with Gasteiger partial charge in [0.15, 0.2) is 25.6 Å². The lowest BCUT2D eigenvalue weighted by Gasteiger charge is -2.37. The summed E-state index contributed by atoms with van der Waals surface area (Å²) in [5, 5.41) is 0. The Bertz CT molecular complexity index is 943. The zero-order valence-electron chi connectivity index (χ0n) is 21.0. The number of rotatable bonds is 7. The molecule has 3 heterocycles. The minimum atomic E-state index is -2.17. The van der Waals surface area contributed by atoms with Crippen molar-refractivity contribution < 1.29 is 37.7 Å². The first kappa shape index (κ1) is 25.0. The minimum Gasteiger partial charge on any atom is -0.454 e. The van der Waals surface area contributed by atoms with Gasteiger partial charge < -0.3 is 28.1 Å². The summed E-state index contributed by atoms with van der Waals surface area (Å²) in [4.78, 5) is 28.2. The van der Waals surface area contributed by atoms with E-state index in [9.17, 15) is 9.59 Å². The van der Waals surface area contributed by atoms with Crippen molar-refractivity contribution in [2.45, 2.75) is 77.3 Å². The summed E-state index contributed by atoms with van der Waals surface area (Å²) in [7, 11) is -2.17. The first-order valence-corrected chi connectivity index (χ1v) is 15.2. The molecule has 10 heteroatoms. The van der Waals surface area contributed by atoms with E-state index in [2.05, 4.69) is 19.6 Å². The van der Waals surface area contributed by atoms with E-state index < -0.39 is 38.3 Å². The molecule has 4 rings (SSSR count). The van der Waals surface area contributed by atoms with Crippen LogP contribution in [-0.2, 0) is 23.4 Å². The molecule has 0 saturated carbocycles. The van der Waals surface area contributed by atoms with E-state index in [0.29, 0.717) is 17.1 Å². The lowest BCUT2D eigenvalue weighted by atomic mass is 9.88. The summed E-state index contributed by atoms with van der Waals surface area (Å²) in [6.45, 7) is 14.3. The Morgan fingerprint density at radius 2 is 1.82 bits per heavy atom. The number of amides is 2. The van der Waals surface area contributed by atoms with Gasteiger partial charge in [0.05, 0.1) is 24.7 Å². The van der Waals surface area contributed by atoms with Crippen LogP contribution in [0, 0.1) is 5.92 Å². The first-order chi connectivity index (χ1) is 15.9. The third-order valence-electron chi connectivity index (χ3n) is 6.15. The van der Waals surface area contributed by atoms with Gasteiger partial charge in [-0.25, -0.2) is 9.69 Å². The second-order valence-electron chi connectivity index (χ2n) is 10.7. The predicted octanol–water partition coefficient (Wildman–Crippen LogP) is 3.87. The van der Waals surface area contributed by atoms with Crippen LogP contribution in [-0.4, -0.2) is 69.3 Å². The molecule has 0 spiro atoms. The van der Waals surface area contributed by atoms with E-state index >= 15 is 0 Å². The molecule has 2 amide bonds. The van der Waals surface area contributed by atoms with Crippen LogP contribution >= 0.6 is 0 Å². The monoisotopic (exact) mass is 493 g/mol. The van der Waals surface area contributed by atoms with Gasteiger partial charge in [-0.15, -0.1) is 0 Å². The zero-order chi connectivity index (χ0) is 24.8. The molecule has 34 heavy (non-hydrogen) atoms. The number of hydrogen-bond donors (Lipinski definition) is 0. The van der Waals surface area contributed by atoms with Crippen molar-refractivity contribution in [2.75, 3.05) is 20.0 Å². The van der Waals surface area contributed by atoms with Crippen molar-refractivity contribution in [2.24, 2.45) is 5.92 Å². The Kier molecular flexibility index (Phi) is 6.71. The lowest BCUT2D eigenvalue weighted by molar-refractivity contribution is -0.156. The SMILES string of the molecule is CC(C)[C@H]1COC(=O)N1C(=O)[C@H](c1ccc2c(c1)OCO2)[C@H](O[Si](C)(C)C)[C@H]1COC(C)(C)O1. The van der Waals surface area contributed by atoms with Crippen molar-refractivity contribution >= 4 is 20.3 Å². The summed E-state index contributed by atoms with van der Waals surface area (Å²) < 4.78 is 35.0. The molecule has 188 valence electrons. The van der Waals surface area contributed by atoms with Gasteiger partial charge in [0, 0.05) is 0 Å². The van der Waals surface area contributed by atoms with Gasteiger partial charge in [-0.3, -0.25) is 4.79 Å². The molecule has 3 aliphatic heterocycles. The molecule has 0 bridgehead atoms. The normalized spacial score (nSPS) is 25.5. The van der Waals surface area contributed by atoms with Crippen molar-refractivity contribution in [1.82, 2.24) is 4.90 Å². The molecule has 0 N–H and O–H groups in total. The fourth-order valence-electron chi connectivity index (χ4n) is 4.55. The van der Waals surface area contributed by atoms with Gasteiger partial charge in [-0.2, -0.15) is 0 Å². The molecule has 0 unspecified atom stereocenters. The number of carbonyl (C=O) groups excluding carboxylic acids is 2. The third-order valence-corrected chi connectivity index (χ3v) is 7.13. The van der Waals surface area contributed by atoms with Crippen LogP contribution in [0.2, 0.25) is 19.6 Å². The molecule has 9 nitrogen and oxygen atoms in total. The van der Waals surface area contributed by atoms with Gasteiger partial charge in [-0.1, -0.05) is 19.9 Å². The van der Waals surface area contributed by atoms with Gasteiger partial charge in [0.1, 0.15) is 12.7 Å². The summed E-state index contributed by atoms with van der Waals surface area (Å²) in [6, 6.07) is 5.03. The summed E-state index contributed by atoms with van der Waals surface area (Å²) in [6.07, 6.45) is -1.81. The van der Waals surface area contributed by atoms with Crippen LogP contribution in [0.1, 0.15) is 39.2 Å². The molecule has 1 aromatic rings. The van der Waals surface area contributed by atoms with Crippen molar-refractivity contribution in [3.05, 3.63) is 23.8 Å². The third kappa shape index (κ3) is 5.09. The predicted molar refractivity (Wildman–Crippen MR) is 125 cm³/mol. The number of ether oxygens (including phenoxy) is 5. The summed E-state index contributed by atoms with van der Waals surface area (Å²) >= 11 is 0. The Morgan fingerprint density at radius 1 is 1.12 bits per heavy atom. The fourth-order valence-corrected chi connectivity index (χ4v) is 5.66. The van der Waals surface area contributed by atoms with Crippen LogP contribution < -0.4 is 9.47 Å². The van der Waals surface area contributed by atoms with E-state index in [1.54, 1.807) is 12.1 Å². The smallest absolute Gasteiger partial charge is 0.417 e. The largest absolute Gasteiger partial charge is 0.454 e. The number of imide groups is 1. The van der Waals surface area contributed by atoms with Crippen molar-refractivity contribution in [3.63, 3.8) is 0 Å². The quantitative estimate of drug-likeness (QED) is 0.529. The average molecular weight is 494 g/mol. The number of fused-ring (bicyclic) bond motifs is 1. The molecular weight excluding hydrogens is 458 g/mol. The molecular formula is C24H35NO8Si. The van der Waals surface area contributed by atoms with E-state index in [-0.39, 0.29) is 37.9 Å². The fraction of sp³-hybridized carbons (Fsp3) is 0.667. The van der Waals surface area contributed by atoms with Crippen LogP contribution in [0.5, 0.6) is 11.5 Å². The van der Waals surface area contributed by atoms with Gasteiger partial charge in [0.25, 0.3) is 0 Å². The summed E-state index contributed by atoms with van der Waals surface area (Å²) in [5.74, 6) is -0.821. The second-order valence-corrected chi connectivity index (χ2v) is 15.2. The molecule has 0 aliphatic carbocycles. The highest BCUT2D eigenvalue weighted by Gasteiger charge is 2.50.